The van der Waals surface area contributed by atoms with Crippen molar-refractivity contribution >= 4 is 32.4 Å². The van der Waals surface area contributed by atoms with E-state index in [1.165, 1.54) is 24.5 Å². The second-order valence-electron chi connectivity index (χ2n) is 6.58. The number of nitrogens with zero attached hydrogens (tertiary/aromatic N) is 3. The van der Waals surface area contributed by atoms with Crippen molar-refractivity contribution < 1.29 is 13.6 Å². The molecule has 0 aliphatic heterocycles. The summed E-state index contributed by atoms with van der Waals surface area (Å²) in [6.07, 6.45) is 6.68. The summed E-state index contributed by atoms with van der Waals surface area (Å²) >= 11 is 0. The van der Waals surface area contributed by atoms with Crippen LogP contribution in [-0.4, -0.2) is 28.6 Å². The number of nitrogens with one attached hydrogen (secondary N) is 1. The molecule has 1 aliphatic rings. The molecule has 2 N–H and O–H groups in total. The molecule has 9 heteroatoms. The summed E-state index contributed by atoms with van der Waals surface area (Å²) < 4.78 is 27.0. The average molecular weight is 387 g/mol. The fraction of sp³-hybridized carbons (Fsp3) is 0.278. The minimum atomic E-state index is -3.83. The summed E-state index contributed by atoms with van der Waals surface area (Å²) in [6.45, 7) is 0. The number of hydrogen-bond acceptors (Lipinski definition) is 7. The lowest BCUT2D eigenvalue weighted by atomic mass is 10.2. The molecule has 0 spiro atoms. The van der Waals surface area contributed by atoms with E-state index < -0.39 is 10.0 Å². The third-order valence-corrected chi connectivity index (χ3v) is 6.55. The molecule has 0 saturated heterocycles. The standard InChI is InChI=1S/C18H19N4O4S/c23-22(24)16-12-19-18-15(17(16)20-13-6-4-5-7-13)10-11-21(18)27(25,26)14-8-2-1-3-9-14/h1-3,8-13,23H,4-7H2,(H,19,20)/q-1. The number of benzene rings is 1. The Labute approximate surface area is 156 Å². The van der Waals surface area contributed by atoms with E-state index in [1.54, 1.807) is 24.3 Å². The van der Waals surface area contributed by atoms with Crippen LogP contribution in [0.5, 0.6) is 0 Å². The van der Waals surface area contributed by atoms with E-state index in [2.05, 4.69) is 10.3 Å². The van der Waals surface area contributed by atoms with E-state index in [4.69, 9.17) is 0 Å². The predicted octanol–water partition coefficient (Wildman–Crippen LogP) is 3.32. The van der Waals surface area contributed by atoms with Crippen LogP contribution < -0.4 is 10.5 Å². The summed E-state index contributed by atoms with van der Waals surface area (Å²) in [5, 5.41) is 24.5. The Morgan fingerprint density at radius 2 is 1.89 bits per heavy atom. The van der Waals surface area contributed by atoms with Crippen LogP contribution in [0.4, 0.5) is 11.4 Å². The highest BCUT2D eigenvalue weighted by molar-refractivity contribution is 7.90. The van der Waals surface area contributed by atoms with Gasteiger partial charge in [0.15, 0.2) is 5.65 Å². The molecular formula is C18H19N4O4S-. The van der Waals surface area contributed by atoms with Gasteiger partial charge < -0.3 is 15.8 Å². The molecule has 1 fully saturated rings. The molecule has 2 heterocycles. The fourth-order valence-electron chi connectivity index (χ4n) is 3.52. The van der Waals surface area contributed by atoms with Gasteiger partial charge in [0, 0.05) is 17.6 Å². The SMILES string of the molecule is O=S(=O)(c1ccccc1)n1ccc2c(NC3CCCC3)c(N([O-])O)cnc21. The number of aromatic nitrogens is 2. The molecule has 142 valence electrons. The van der Waals surface area contributed by atoms with Crippen molar-refractivity contribution in [1.82, 2.24) is 8.96 Å². The van der Waals surface area contributed by atoms with Gasteiger partial charge in [0.1, 0.15) is 0 Å². The van der Waals surface area contributed by atoms with Gasteiger partial charge in [-0.1, -0.05) is 31.0 Å². The van der Waals surface area contributed by atoms with Crippen LogP contribution in [0.3, 0.4) is 0 Å². The molecule has 4 rings (SSSR count). The number of fused-ring (bicyclic) bond motifs is 1. The van der Waals surface area contributed by atoms with Crippen LogP contribution in [0.15, 0.2) is 53.7 Å². The molecule has 1 saturated carbocycles. The molecule has 0 amide bonds. The van der Waals surface area contributed by atoms with Crippen molar-refractivity contribution in [3.05, 3.63) is 54.0 Å². The molecule has 1 aromatic carbocycles. The summed E-state index contributed by atoms with van der Waals surface area (Å²) in [4.78, 5) is 4.28. The van der Waals surface area contributed by atoms with E-state index in [0.29, 0.717) is 11.1 Å². The van der Waals surface area contributed by atoms with Crippen LogP contribution in [0.1, 0.15) is 25.7 Å². The minimum absolute atomic E-state index is 0.0377. The zero-order valence-corrected chi connectivity index (χ0v) is 15.3. The highest BCUT2D eigenvalue weighted by atomic mass is 32.2. The van der Waals surface area contributed by atoms with Gasteiger partial charge in [0.05, 0.1) is 22.5 Å². The molecule has 2 aromatic heterocycles. The maximum Gasteiger partial charge on any atom is 0.269 e. The third kappa shape index (κ3) is 3.14. The zero-order valence-electron chi connectivity index (χ0n) is 14.4. The first kappa shape index (κ1) is 17.8. The highest BCUT2D eigenvalue weighted by Crippen LogP contribution is 2.36. The lowest BCUT2D eigenvalue weighted by molar-refractivity contribution is 0.296. The molecule has 1 aliphatic carbocycles. The Morgan fingerprint density at radius 1 is 1.19 bits per heavy atom. The molecule has 0 atom stereocenters. The summed E-state index contributed by atoms with van der Waals surface area (Å²) in [5.41, 5.74) is 0.556. The van der Waals surface area contributed by atoms with Crippen molar-refractivity contribution in [1.29, 1.82) is 0 Å². The average Bonchev–Trinajstić information content (AvgIpc) is 3.32. The second kappa shape index (κ2) is 6.84. The molecular weight excluding hydrogens is 368 g/mol. The van der Waals surface area contributed by atoms with Gasteiger partial charge in [-0.2, -0.15) is 0 Å². The summed E-state index contributed by atoms with van der Waals surface area (Å²) in [6, 6.07) is 9.83. The van der Waals surface area contributed by atoms with Gasteiger partial charge in [-0.25, -0.2) is 17.4 Å². The van der Waals surface area contributed by atoms with Crippen LogP contribution in [0, 0.1) is 5.21 Å². The first-order valence-electron chi connectivity index (χ1n) is 8.72. The summed E-state index contributed by atoms with van der Waals surface area (Å²) in [7, 11) is -3.83. The molecule has 3 aromatic rings. The number of rotatable bonds is 5. The van der Waals surface area contributed by atoms with E-state index in [1.807, 2.05) is 0 Å². The zero-order chi connectivity index (χ0) is 19.0. The molecule has 0 unspecified atom stereocenters. The lowest BCUT2D eigenvalue weighted by Crippen LogP contribution is -2.19. The van der Waals surface area contributed by atoms with Gasteiger partial charge in [0.25, 0.3) is 10.0 Å². The van der Waals surface area contributed by atoms with Crippen molar-refractivity contribution in [3.8, 4) is 0 Å². The van der Waals surface area contributed by atoms with E-state index in [0.717, 1.165) is 29.7 Å². The van der Waals surface area contributed by atoms with Gasteiger partial charge >= 0.3 is 0 Å². The van der Waals surface area contributed by atoms with Crippen LogP contribution in [-0.2, 0) is 10.0 Å². The summed E-state index contributed by atoms with van der Waals surface area (Å²) in [5.74, 6) is 0. The van der Waals surface area contributed by atoms with Gasteiger partial charge in [-0.05, 0) is 31.0 Å². The van der Waals surface area contributed by atoms with Crippen molar-refractivity contribution in [2.75, 3.05) is 10.5 Å². The van der Waals surface area contributed by atoms with Gasteiger partial charge in [-0.3, -0.25) is 5.21 Å². The first-order chi connectivity index (χ1) is 13.0. The second-order valence-corrected chi connectivity index (χ2v) is 8.40. The predicted molar refractivity (Wildman–Crippen MR) is 102 cm³/mol. The van der Waals surface area contributed by atoms with E-state index >= 15 is 0 Å². The van der Waals surface area contributed by atoms with Crippen LogP contribution in [0.2, 0.25) is 0 Å². The van der Waals surface area contributed by atoms with Crippen molar-refractivity contribution in [2.24, 2.45) is 0 Å². The fourth-order valence-corrected chi connectivity index (χ4v) is 4.85. The molecule has 0 radical (unpaired) electrons. The number of hydrogen-bond donors (Lipinski definition) is 2. The topological polar surface area (TPSA) is 111 Å². The molecule has 27 heavy (non-hydrogen) atoms. The molecule has 8 nitrogen and oxygen atoms in total. The van der Waals surface area contributed by atoms with Crippen molar-refractivity contribution in [3.63, 3.8) is 0 Å². The normalized spacial score (nSPS) is 15.3. The Morgan fingerprint density at radius 3 is 2.56 bits per heavy atom. The highest BCUT2D eigenvalue weighted by Gasteiger charge is 2.23. The first-order valence-corrected chi connectivity index (χ1v) is 10.2. The van der Waals surface area contributed by atoms with Crippen molar-refractivity contribution in [2.45, 2.75) is 36.6 Å². The van der Waals surface area contributed by atoms with E-state index in [9.17, 15) is 18.8 Å². The van der Waals surface area contributed by atoms with Crippen LogP contribution in [0.25, 0.3) is 11.0 Å². The largest absolute Gasteiger partial charge is 0.733 e. The quantitative estimate of drug-likeness (QED) is 0.646. The smallest absolute Gasteiger partial charge is 0.269 e. The van der Waals surface area contributed by atoms with Gasteiger partial charge in [-0.15, -0.1) is 0 Å². The van der Waals surface area contributed by atoms with Gasteiger partial charge in [0.2, 0.25) is 0 Å². The monoisotopic (exact) mass is 387 g/mol. The third-order valence-electron chi connectivity index (χ3n) is 4.87. The Balaban J connectivity index is 1.86. The Bertz CT molecular complexity index is 1060. The maximum absolute atomic E-state index is 13.0. The van der Waals surface area contributed by atoms with E-state index in [-0.39, 0.29) is 27.5 Å². The maximum atomic E-state index is 13.0. The minimum Gasteiger partial charge on any atom is -0.733 e. The molecule has 0 bridgehead atoms. The van der Waals surface area contributed by atoms with Crippen LogP contribution >= 0.6 is 0 Å². The lowest BCUT2D eigenvalue weighted by Gasteiger charge is -2.26. The number of pyridine rings is 1. The number of anilines is 2. The Kier molecular flexibility index (Phi) is 4.50. The Hall–Kier alpha value is -2.62.